The van der Waals surface area contributed by atoms with Gasteiger partial charge in [-0.05, 0) is 111 Å². The number of amides is 1. The van der Waals surface area contributed by atoms with Crippen molar-refractivity contribution >= 4 is 44.8 Å². The van der Waals surface area contributed by atoms with Gasteiger partial charge in [0, 0.05) is 41.5 Å². The standard InChI is InChI=1S/C51H56F2N4O4S/c1-4-7-10-16-36-19-21-37(22-20-36)39-27-28-43(45(53)32-39)40-25-23-38(24-26-41-34-54-48(33-44(41)52)60-29-13-8-9-14-30-61-50(59)6-3)42(31-40)35-55-57(49(58)15-5-2)51-56-46-17-11-12-18-47(46)62-51/h6,11-12,17-18,23,25,27-28,31-37H,3-5,7-10,13-16,19-22,29-30H2,1-2H3/b55-35+. The third-order valence-electron chi connectivity index (χ3n) is 11.2. The van der Waals surface area contributed by atoms with Gasteiger partial charge in [-0.25, -0.2) is 23.5 Å². The predicted octanol–water partition coefficient (Wildman–Crippen LogP) is 12.7. The largest absolute Gasteiger partial charge is 0.478 e. The van der Waals surface area contributed by atoms with Crippen LogP contribution in [-0.4, -0.2) is 41.3 Å². The van der Waals surface area contributed by atoms with Gasteiger partial charge in [-0.2, -0.15) is 10.1 Å². The Morgan fingerprint density at radius 2 is 1.68 bits per heavy atom. The number of rotatable bonds is 20. The zero-order chi connectivity index (χ0) is 43.7. The molecule has 2 aromatic heterocycles. The SMILES string of the molecule is C=CC(=O)OCCCCCCOc1cc(F)c(C#Cc2ccc(-c3ccc(C4CCC(CCCCC)CC4)cc3F)cc2/C=N/N(C(=O)CCC)c2nc3ccccc3s2)cn1. The number of nitrogens with zero attached hydrogens (tertiary/aromatic N) is 4. The smallest absolute Gasteiger partial charge is 0.330 e. The Balaban J connectivity index is 1.22. The summed E-state index contributed by atoms with van der Waals surface area (Å²) in [6, 6.07) is 19.8. The lowest BCUT2D eigenvalue weighted by molar-refractivity contribution is -0.137. The number of carbonyl (C=O) groups excluding carboxylic acids is 2. The number of pyridine rings is 1. The van der Waals surface area contributed by atoms with Gasteiger partial charge in [-0.15, -0.1) is 0 Å². The molecule has 3 aromatic carbocycles. The summed E-state index contributed by atoms with van der Waals surface area (Å²) in [6.45, 7) is 8.25. The second-order valence-electron chi connectivity index (χ2n) is 15.8. The number of anilines is 1. The molecule has 1 saturated carbocycles. The maximum atomic E-state index is 16.1. The van der Waals surface area contributed by atoms with E-state index in [1.807, 2.05) is 37.3 Å². The molecule has 0 spiro atoms. The molecule has 0 aliphatic heterocycles. The maximum Gasteiger partial charge on any atom is 0.330 e. The highest BCUT2D eigenvalue weighted by Crippen LogP contribution is 2.39. The summed E-state index contributed by atoms with van der Waals surface area (Å²) in [5.74, 6) is 5.72. The van der Waals surface area contributed by atoms with E-state index in [0.717, 1.165) is 66.3 Å². The number of hydrogen-bond acceptors (Lipinski definition) is 8. The molecule has 0 saturated heterocycles. The summed E-state index contributed by atoms with van der Waals surface area (Å²) in [4.78, 5) is 33.6. The number of fused-ring (bicyclic) bond motifs is 1. The normalized spacial score (nSPS) is 15.0. The number of hydrazone groups is 1. The van der Waals surface area contributed by atoms with Crippen molar-refractivity contribution in [1.82, 2.24) is 9.97 Å². The highest BCUT2D eigenvalue weighted by Gasteiger charge is 2.23. The van der Waals surface area contributed by atoms with E-state index in [1.54, 1.807) is 24.3 Å². The number of halogens is 2. The molecular formula is C51H56F2N4O4S. The van der Waals surface area contributed by atoms with Crippen molar-refractivity contribution in [2.45, 2.75) is 110 Å². The molecule has 1 fully saturated rings. The maximum absolute atomic E-state index is 16.1. The number of aromatic nitrogens is 2. The molecule has 62 heavy (non-hydrogen) atoms. The van der Waals surface area contributed by atoms with Gasteiger partial charge in [0.25, 0.3) is 0 Å². The fourth-order valence-electron chi connectivity index (χ4n) is 7.73. The van der Waals surface area contributed by atoms with E-state index in [0.29, 0.717) is 52.9 Å². The van der Waals surface area contributed by atoms with Crippen LogP contribution in [0.15, 0.2) is 90.7 Å². The molecule has 5 aromatic rings. The lowest BCUT2D eigenvalue weighted by Gasteiger charge is -2.29. The Kier molecular flexibility index (Phi) is 17.3. The van der Waals surface area contributed by atoms with Crippen molar-refractivity contribution in [3.05, 3.63) is 119 Å². The molecule has 0 N–H and O–H groups in total. The van der Waals surface area contributed by atoms with Crippen molar-refractivity contribution < 1.29 is 27.8 Å². The average Bonchev–Trinajstić information content (AvgIpc) is 3.71. The van der Waals surface area contributed by atoms with E-state index in [-0.39, 0.29) is 29.6 Å². The average molecular weight is 859 g/mol. The monoisotopic (exact) mass is 858 g/mol. The summed E-state index contributed by atoms with van der Waals surface area (Å²) in [6.07, 6.45) is 17.7. The minimum atomic E-state index is -0.585. The van der Waals surface area contributed by atoms with Crippen LogP contribution >= 0.6 is 11.3 Å². The number of hydrogen-bond donors (Lipinski definition) is 0. The first kappa shape index (κ1) is 45.8. The summed E-state index contributed by atoms with van der Waals surface area (Å²) >= 11 is 1.37. The van der Waals surface area contributed by atoms with Crippen LogP contribution in [0, 0.1) is 29.4 Å². The molecule has 324 valence electrons. The minimum absolute atomic E-state index is 0.0734. The van der Waals surface area contributed by atoms with Gasteiger partial charge in [0.05, 0.1) is 35.2 Å². The topological polar surface area (TPSA) is 94.0 Å². The first-order chi connectivity index (χ1) is 30.3. The van der Waals surface area contributed by atoms with Gasteiger partial charge in [-0.1, -0.05) is 99.6 Å². The van der Waals surface area contributed by atoms with Crippen LogP contribution in [0.3, 0.4) is 0 Å². The molecule has 1 amide bonds. The summed E-state index contributed by atoms with van der Waals surface area (Å²) in [5, 5.41) is 6.42. The van der Waals surface area contributed by atoms with Crippen molar-refractivity contribution in [1.29, 1.82) is 0 Å². The second-order valence-corrected chi connectivity index (χ2v) is 16.8. The number of ether oxygens (including phenoxy) is 2. The van der Waals surface area contributed by atoms with Crippen molar-refractivity contribution in [3.8, 4) is 28.8 Å². The van der Waals surface area contributed by atoms with E-state index in [4.69, 9.17) is 14.5 Å². The molecule has 1 aliphatic carbocycles. The van der Waals surface area contributed by atoms with Gasteiger partial charge >= 0.3 is 5.97 Å². The number of esters is 1. The first-order valence-electron chi connectivity index (χ1n) is 22.0. The third-order valence-corrected chi connectivity index (χ3v) is 12.2. The first-order valence-corrected chi connectivity index (χ1v) is 22.8. The van der Waals surface area contributed by atoms with Crippen molar-refractivity contribution in [2.75, 3.05) is 18.2 Å². The van der Waals surface area contributed by atoms with Crippen LogP contribution in [0.5, 0.6) is 5.88 Å². The fraction of sp³-hybridized carbons (Fsp3) is 0.392. The van der Waals surface area contributed by atoms with Crippen LogP contribution in [0.2, 0.25) is 0 Å². The van der Waals surface area contributed by atoms with E-state index in [9.17, 15) is 9.59 Å². The van der Waals surface area contributed by atoms with E-state index in [1.165, 1.54) is 73.3 Å². The quantitative estimate of drug-likeness (QED) is 0.0193. The Morgan fingerprint density at radius 3 is 2.42 bits per heavy atom. The molecule has 1 aliphatic rings. The summed E-state index contributed by atoms with van der Waals surface area (Å²) in [7, 11) is 0. The van der Waals surface area contributed by atoms with Gasteiger partial charge in [-0.3, -0.25) is 4.79 Å². The minimum Gasteiger partial charge on any atom is -0.478 e. The Bertz CT molecular complexity index is 2360. The molecule has 0 unspecified atom stereocenters. The molecule has 6 rings (SSSR count). The number of thiazole rings is 1. The van der Waals surface area contributed by atoms with E-state index in [2.05, 4.69) is 41.5 Å². The van der Waals surface area contributed by atoms with Crippen LogP contribution in [-0.2, 0) is 14.3 Å². The van der Waals surface area contributed by atoms with Gasteiger partial charge < -0.3 is 9.47 Å². The van der Waals surface area contributed by atoms with Gasteiger partial charge in [0.15, 0.2) is 0 Å². The summed E-state index contributed by atoms with van der Waals surface area (Å²) in [5.41, 5.74) is 3.95. The predicted molar refractivity (Wildman–Crippen MR) is 246 cm³/mol. The zero-order valence-corrected chi connectivity index (χ0v) is 36.7. The van der Waals surface area contributed by atoms with Crippen LogP contribution in [0.25, 0.3) is 21.3 Å². The molecule has 0 atom stereocenters. The van der Waals surface area contributed by atoms with Crippen molar-refractivity contribution in [2.24, 2.45) is 11.0 Å². The van der Waals surface area contributed by atoms with Crippen LogP contribution in [0.4, 0.5) is 13.9 Å². The number of para-hydroxylation sites is 1. The van der Waals surface area contributed by atoms with E-state index >= 15 is 8.78 Å². The Hall–Kier alpha value is -5.73. The van der Waals surface area contributed by atoms with Crippen molar-refractivity contribution in [3.63, 3.8) is 0 Å². The number of benzene rings is 3. The highest BCUT2D eigenvalue weighted by atomic mass is 32.1. The fourth-order valence-corrected chi connectivity index (χ4v) is 8.67. The lowest BCUT2D eigenvalue weighted by Crippen LogP contribution is -2.25. The number of unbranched alkanes of at least 4 members (excludes halogenated alkanes) is 5. The molecule has 11 heteroatoms. The molecule has 0 radical (unpaired) electrons. The highest BCUT2D eigenvalue weighted by molar-refractivity contribution is 7.22. The zero-order valence-electron chi connectivity index (χ0n) is 35.8. The van der Waals surface area contributed by atoms with Crippen LogP contribution < -0.4 is 9.75 Å². The number of carbonyl (C=O) groups is 2. The van der Waals surface area contributed by atoms with E-state index < -0.39 is 11.8 Å². The summed E-state index contributed by atoms with van der Waals surface area (Å²) < 4.78 is 43.0. The van der Waals surface area contributed by atoms with Gasteiger partial charge in [0.1, 0.15) is 11.6 Å². The Morgan fingerprint density at radius 1 is 0.887 bits per heavy atom. The molecule has 0 bridgehead atoms. The van der Waals surface area contributed by atoms with Gasteiger partial charge in [0.2, 0.25) is 16.9 Å². The third kappa shape index (κ3) is 12.9. The Labute approximate surface area is 368 Å². The lowest BCUT2D eigenvalue weighted by atomic mass is 9.77. The molecular weight excluding hydrogens is 803 g/mol. The second kappa shape index (κ2) is 23.5. The molecule has 8 nitrogen and oxygen atoms in total. The molecule has 2 heterocycles. The van der Waals surface area contributed by atoms with Crippen LogP contribution in [0.1, 0.15) is 132 Å².